The Balaban J connectivity index is 1.75. The van der Waals surface area contributed by atoms with Gasteiger partial charge in [-0.05, 0) is 18.2 Å². The first-order valence-corrected chi connectivity index (χ1v) is 8.79. The first kappa shape index (κ1) is 23.1. The van der Waals surface area contributed by atoms with E-state index in [0.717, 1.165) is 17.3 Å². The van der Waals surface area contributed by atoms with E-state index < -0.39 is 66.1 Å². The average Bonchev–Trinajstić information content (AvgIpc) is 3.07. The highest BCUT2D eigenvalue weighted by Gasteiger charge is 2.48. The van der Waals surface area contributed by atoms with Crippen LogP contribution in [0.5, 0.6) is 5.75 Å². The fourth-order valence-electron chi connectivity index (χ4n) is 3.25. The molecular formula is C17H15F6N5O4. The van der Waals surface area contributed by atoms with Crippen LogP contribution in [0.15, 0.2) is 23.2 Å². The maximum absolute atomic E-state index is 13.1. The number of ether oxygens (including phenoxy) is 1. The Kier molecular flexibility index (Phi) is 5.69. The van der Waals surface area contributed by atoms with Gasteiger partial charge in [0.05, 0.1) is 18.4 Å². The summed E-state index contributed by atoms with van der Waals surface area (Å²) in [6.45, 7) is -0.519. The first-order valence-electron chi connectivity index (χ1n) is 8.79. The molecular weight excluding hydrogens is 452 g/mol. The Morgan fingerprint density at radius 1 is 1.16 bits per heavy atom. The number of likely N-dealkylation sites (N-methyl/N-ethyl adjacent to an activating group) is 2. The lowest BCUT2D eigenvalue weighted by atomic mass is 10.1. The Labute approximate surface area is 176 Å². The van der Waals surface area contributed by atoms with E-state index in [1.165, 1.54) is 23.9 Å². The molecule has 0 spiro atoms. The van der Waals surface area contributed by atoms with Gasteiger partial charge < -0.3 is 19.9 Å². The number of urea groups is 1. The molecule has 4 amide bonds. The fourth-order valence-corrected chi connectivity index (χ4v) is 3.25. The van der Waals surface area contributed by atoms with Crippen molar-refractivity contribution in [2.45, 2.75) is 24.7 Å². The topological polar surface area (TPSA) is 94.6 Å². The minimum absolute atomic E-state index is 0.297. The number of rotatable bonds is 4. The van der Waals surface area contributed by atoms with Gasteiger partial charge in [0.15, 0.2) is 12.2 Å². The van der Waals surface area contributed by atoms with Gasteiger partial charge in [0.25, 0.3) is 5.91 Å². The summed E-state index contributed by atoms with van der Waals surface area (Å²) in [5, 5.41) is 2.13. The van der Waals surface area contributed by atoms with Crippen molar-refractivity contribution < 1.29 is 45.5 Å². The van der Waals surface area contributed by atoms with E-state index in [0.29, 0.717) is 12.1 Å². The molecule has 174 valence electrons. The van der Waals surface area contributed by atoms with Gasteiger partial charge in [-0.3, -0.25) is 14.5 Å². The molecule has 2 aliphatic heterocycles. The quantitative estimate of drug-likeness (QED) is 0.685. The third-order valence-electron chi connectivity index (χ3n) is 4.70. The van der Waals surface area contributed by atoms with Gasteiger partial charge in [0, 0.05) is 19.8 Å². The molecule has 15 heteroatoms. The van der Waals surface area contributed by atoms with E-state index in [-0.39, 0.29) is 0 Å². The lowest BCUT2D eigenvalue weighted by molar-refractivity contribution is -0.276. The second-order valence-corrected chi connectivity index (χ2v) is 6.89. The Hall–Kier alpha value is -3.52. The number of amides is 4. The molecule has 0 aromatic heterocycles. The number of nitrogens with one attached hydrogen (secondary N) is 1. The van der Waals surface area contributed by atoms with Crippen LogP contribution in [-0.4, -0.2) is 78.1 Å². The van der Waals surface area contributed by atoms with Crippen LogP contribution in [0, 0.1) is 0 Å². The summed E-state index contributed by atoms with van der Waals surface area (Å²) >= 11 is 0. The molecule has 2 unspecified atom stereocenters. The fraction of sp³-hybridized carbons (Fsp3) is 0.412. The molecule has 2 aliphatic rings. The minimum Gasteiger partial charge on any atom is -0.405 e. The van der Waals surface area contributed by atoms with Crippen molar-refractivity contribution in [3.8, 4) is 5.75 Å². The van der Waals surface area contributed by atoms with Crippen LogP contribution in [0.4, 0.5) is 36.8 Å². The third kappa shape index (κ3) is 4.55. The number of hydrogen-bond donors (Lipinski definition) is 1. The van der Waals surface area contributed by atoms with Gasteiger partial charge in [-0.25, -0.2) is 9.79 Å². The van der Waals surface area contributed by atoms with Gasteiger partial charge in [-0.2, -0.15) is 13.2 Å². The van der Waals surface area contributed by atoms with Crippen LogP contribution >= 0.6 is 0 Å². The summed E-state index contributed by atoms with van der Waals surface area (Å²) in [6.07, 6.45) is -10.2. The molecule has 0 aliphatic carbocycles. The van der Waals surface area contributed by atoms with Crippen molar-refractivity contribution in [3.05, 3.63) is 23.8 Å². The lowest BCUT2D eigenvalue weighted by Crippen LogP contribution is -2.64. The average molecular weight is 467 g/mol. The Bertz CT molecular complexity index is 979. The summed E-state index contributed by atoms with van der Waals surface area (Å²) in [6, 6.07) is -0.0749. The summed E-state index contributed by atoms with van der Waals surface area (Å²) in [7, 11) is 2.66. The van der Waals surface area contributed by atoms with Crippen molar-refractivity contribution in [2.75, 3.05) is 26.0 Å². The molecule has 0 radical (unpaired) electrons. The smallest absolute Gasteiger partial charge is 0.405 e. The van der Waals surface area contributed by atoms with E-state index in [4.69, 9.17) is 0 Å². The maximum Gasteiger partial charge on any atom is 0.573 e. The molecule has 1 saturated heterocycles. The van der Waals surface area contributed by atoms with Crippen molar-refractivity contribution >= 4 is 29.9 Å². The highest BCUT2D eigenvalue weighted by Crippen LogP contribution is 2.40. The second kappa shape index (κ2) is 7.87. The van der Waals surface area contributed by atoms with Gasteiger partial charge in [0.1, 0.15) is 5.75 Å². The van der Waals surface area contributed by atoms with Crippen molar-refractivity contribution in [1.82, 2.24) is 14.7 Å². The van der Waals surface area contributed by atoms with Gasteiger partial charge in [-0.1, -0.05) is 0 Å². The number of anilines is 1. The van der Waals surface area contributed by atoms with Crippen LogP contribution < -0.4 is 10.1 Å². The highest BCUT2D eigenvalue weighted by molar-refractivity contribution is 6.02. The van der Waals surface area contributed by atoms with Crippen LogP contribution in [0.25, 0.3) is 0 Å². The van der Waals surface area contributed by atoms with Crippen molar-refractivity contribution in [2.24, 2.45) is 4.99 Å². The molecule has 2 heterocycles. The summed E-state index contributed by atoms with van der Waals surface area (Å²) < 4.78 is 79.9. The second-order valence-electron chi connectivity index (χ2n) is 6.89. The molecule has 1 fully saturated rings. The van der Waals surface area contributed by atoms with Crippen LogP contribution in [0.1, 0.15) is 5.56 Å². The number of nitrogens with zero attached hydrogens (tertiary/aromatic N) is 4. The van der Waals surface area contributed by atoms with Gasteiger partial charge >= 0.3 is 18.6 Å². The largest absolute Gasteiger partial charge is 0.573 e. The first-order chi connectivity index (χ1) is 14.7. The van der Waals surface area contributed by atoms with Crippen molar-refractivity contribution in [1.29, 1.82) is 0 Å². The number of carbonyl (C=O) groups excluding carboxylic acids is 3. The predicted molar refractivity (Wildman–Crippen MR) is 95.5 cm³/mol. The molecule has 9 nitrogen and oxygen atoms in total. The number of aliphatic imine (C=N–C) groups is 1. The molecule has 2 atom stereocenters. The molecule has 1 aromatic rings. The third-order valence-corrected chi connectivity index (χ3v) is 4.70. The van der Waals surface area contributed by atoms with E-state index in [2.05, 4.69) is 15.0 Å². The minimum atomic E-state index is -5.34. The lowest BCUT2D eigenvalue weighted by Gasteiger charge is -2.39. The van der Waals surface area contributed by atoms with Crippen molar-refractivity contribution in [3.63, 3.8) is 0 Å². The van der Waals surface area contributed by atoms with E-state index in [1.807, 2.05) is 0 Å². The molecule has 1 aromatic carbocycles. The zero-order valence-corrected chi connectivity index (χ0v) is 16.4. The number of hydrogen-bond acceptors (Lipinski definition) is 6. The van der Waals surface area contributed by atoms with Crippen LogP contribution in [0.2, 0.25) is 0 Å². The van der Waals surface area contributed by atoms with E-state index in [9.17, 15) is 40.7 Å². The standard InChI is InChI=1S/C17H15F6N5O4/c1-26-13-12(14(30)27(2)15(26)31)28(7-24-13)6-11(29)25-8-3-4-10(32-17(21,22)23)9(5-8)16(18,19)20/h3-5,7,12-13H,6H2,1-2H3,(H,25,29). The molecule has 1 N–H and O–H groups in total. The number of alkyl halides is 6. The molecule has 0 bridgehead atoms. The number of halogens is 6. The highest BCUT2D eigenvalue weighted by atomic mass is 19.4. The van der Waals surface area contributed by atoms with E-state index >= 15 is 0 Å². The maximum atomic E-state index is 13.1. The SMILES string of the molecule is CN1C(=O)C2C(N=CN2CC(=O)Nc2ccc(OC(F)(F)F)c(C(F)(F)F)c2)N(C)C1=O. The molecule has 3 rings (SSSR count). The monoisotopic (exact) mass is 467 g/mol. The number of fused-ring (bicyclic) bond motifs is 1. The number of carbonyl (C=O) groups is 3. The zero-order valence-electron chi connectivity index (χ0n) is 16.4. The molecule has 0 saturated carbocycles. The summed E-state index contributed by atoms with van der Waals surface area (Å²) in [5.41, 5.74) is -2.18. The van der Waals surface area contributed by atoms with Gasteiger partial charge in [0.2, 0.25) is 5.91 Å². The summed E-state index contributed by atoms with van der Waals surface area (Å²) in [5.74, 6) is -2.97. The Morgan fingerprint density at radius 3 is 2.41 bits per heavy atom. The number of imide groups is 1. The Morgan fingerprint density at radius 2 is 1.81 bits per heavy atom. The normalized spacial score (nSPS) is 21.2. The van der Waals surface area contributed by atoms with Gasteiger partial charge in [-0.15, -0.1) is 13.2 Å². The molecule has 32 heavy (non-hydrogen) atoms. The predicted octanol–water partition coefficient (Wildman–Crippen LogP) is 2.10. The number of benzene rings is 1. The van der Waals surface area contributed by atoms with Crippen LogP contribution in [0.3, 0.4) is 0 Å². The zero-order chi connectivity index (χ0) is 24.0. The summed E-state index contributed by atoms with van der Waals surface area (Å²) in [4.78, 5) is 44.0. The van der Waals surface area contributed by atoms with E-state index in [1.54, 1.807) is 0 Å². The van der Waals surface area contributed by atoms with Crippen LogP contribution in [-0.2, 0) is 15.8 Å².